The number of hydrogen-bond donors (Lipinski definition) is 2. The molecule has 0 fully saturated rings. The zero-order chi connectivity index (χ0) is 11.3. The average molecular weight is 247 g/mol. The fourth-order valence-corrected chi connectivity index (χ4v) is 1.95. The summed E-state index contributed by atoms with van der Waals surface area (Å²) in [5.41, 5.74) is 6.17. The van der Waals surface area contributed by atoms with Gasteiger partial charge in [-0.2, -0.15) is 11.8 Å². The van der Waals surface area contributed by atoms with Crippen LogP contribution in [-0.4, -0.2) is 27.9 Å². The van der Waals surface area contributed by atoms with Gasteiger partial charge in [-0.25, -0.2) is 0 Å². The molecule has 15 heavy (non-hydrogen) atoms. The van der Waals surface area contributed by atoms with Gasteiger partial charge in [0.1, 0.15) is 6.04 Å². The van der Waals surface area contributed by atoms with Gasteiger partial charge in [-0.05, 0) is 12.1 Å². The summed E-state index contributed by atoms with van der Waals surface area (Å²) in [6, 6.07) is 2.62. The standard InChI is InChI=1S/C9H11ClN2O2S/c10-6-1-2-12-7(3-6)4-15-5-8(11)9(13)14/h1-3,8H,4-5,11H2,(H,13,14)/t8-/m1/s1. The third kappa shape index (κ3) is 4.51. The largest absolute Gasteiger partial charge is 0.480 e. The number of rotatable bonds is 5. The maximum atomic E-state index is 10.4. The normalized spacial score (nSPS) is 12.4. The van der Waals surface area contributed by atoms with Crippen LogP contribution in [0, 0.1) is 0 Å². The average Bonchev–Trinajstić information content (AvgIpc) is 2.17. The topological polar surface area (TPSA) is 76.2 Å². The molecule has 0 aromatic carbocycles. The molecular formula is C9H11ClN2O2S. The Morgan fingerprint density at radius 3 is 3.07 bits per heavy atom. The second kappa shape index (κ2) is 5.95. The van der Waals surface area contributed by atoms with Crippen molar-refractivity contribution >= 4 is 29.3 Å². The van der Waals surface area contributed by atoms with Gasteiger partial charge in [-0.1, -0.05) is 11.6 Å². The third-order valence-corrected chi connectivity index (χ3v) is 2.97. The Kier molecular flexibility index (Phi) is 4.87. The van der Waals surface area contributed by atoms with Crippen molar-refractivity contribution in [2.24, 2.45) is 5.73 Å². The smallest absolute Gasteiger partial charge is 0.321 e. The zero-order valence-electron chi connectivity index (χ0n) is 7.89. The molecule has 0 radical (unpaired) electrons. The maximum Gasteiger partial charge on any atom is 0.321 e. The minimum atomic E-state index is -0.985. The van der Waals surface area contributed by atoms with Crippen LogP contribution in [0.15, 0.2) is 18.3 Å². The molecule has 1 atom stereocenters. The first-order chi connectivity index (χ1) is 7.09. The highest BCUT2D eigenvalue weighted by Gasteiger charge is 2.10. The van der Waals surface area contributed by atoms with Crippen molar-refractivity contribution in [1.82, 2.24) is 4.98 Å². The fourth-order valence-electron chi connectivity index (χ4n) is 0.889. The van der Waals surface area contributed by atoms with Gasteiger partial charge in [-0.15, -0.1) is 0 Å². The van der Waals surface area contributed by atoms with Crippen molar-refractivity contribution in [1.29, 1.82) is 0 Å². The molecule has 1 aromatic rings. The van der Waals surface area contributed by atoms with Crippen LogP contribution in [0.2, 0.25) is 5.02 Å². The number of thioether (sulfide) groups is 1. The Bertz CT molecular complexity index is 349. The van der Waals surface area contributed by atoms with Gasteiger partial charge in [0, 0.05) is 22.7 Å². The van der Waals surface area contributed by atoms with Crippen LogP contribution < -0.4 is 5.73 Å². The lowest BCUT2D eigenvalue weighted by molar-refractivity contribution is -0.137. The van der Waals surface area contributed by atoms with E-state index in [2.05, 4.69) is 4.98 Å². The van der Waals surface area contributed by atoms with Gasteiger partial charge in [0.05, 0.1) is 5.69 Å². The molecule has 0 unspecified atom stereocenters. The summed E-state index contributed by atoms with van der Waals surface area (Å²) in [6.07, 6.45) is 1.62. The Balaban J connectivity index is 2.35. The van der Waals surface area contributed by atoms with E-state index in [0.29, 0.717) is 16.5 Å². The number of carboxylic acids is 1. The van der Waals surface area contributed by atoms with Crippen molar-refractivity contribution in [3.05, 3.63) is 29.0 Å². The number of aromatic nitrogens is 1. The second-order valence-corrected chi connectivity index (χ2v) is 4.39. The lowest BCUT2D eigenvalue weighted by Gasteiger charge is -2.05. The van der Waals surface area contributed by atoms with Gasteiger partial charge in [-0.3, -0.25) is 9.78 Å². The number of hydrogen-bond acceptors (Lipinski definition) is 4. The molecule has 0 amide bonds. The predicted molar refractivity (Wildman–Crippen MR) is 61.0 cm³/mol. The van der Waals surface area contributed by atoms with Crippen LogP contribution in [0.4, 0.5) is 0 Å². The van der Waals surface area contributed by atoms with Crippen molar-refractivity contribution in [2.45, 2.75) is 11.8 Å². The molecule has 3 N–H and O–H groups in total. The van der Waals surface area contributed by atoms with E-state index in [1.807, 2.05) is 0 Å². The van der Waals surface area contributed by atoms with Crippen molar-refractivity contribution < 1.29 is 9.90 Å². The van der Waals surface area contributed by atoms with E-state index in [4.69, 9.17) is 22.4 Å². The molecule has 0 aliphatic carbocycles. The lowest BCUT2D eigenvalue weighted by Crippen LogP contribution is -2.32. The Morgan fingerprint density at radius 2 is 2.47 bits per heavy atom. The molecule has 0 saturated carbocycles. The highest BCUT2D eigenvalue weighted by Crippen LogP contribution is 2.14. The zero-order valence-corrected chi connectivity index (χ0v) is 9.46. The maximum absolute atomic E-state index is 10.4. The number of halogens is 1. The molecule has 1 heterocycles. The summed E-state index contributed by atoms with van der Waals surface area (Å²) in [5, 5.41) is 9.18. The number of aliphatic carboxylic acids is 1. The van der Waals surface area contributed by atoms with Gasteiger partial charge < -0.3 is 10.8 Å². The van der Waals surface area contributed by atoms with Gasteiger partial charge in [0.2, 0.25) is 0 Å². The van der Waals surface area contributed by atoms with Crippen LogP contribution in [0.3, 0.4) is 0 Å². The van der Waals surface area contributed by atoms with Crippen LogP contribution in [-0.2, 0) is 10.5 Å². The first-order valence-electron chi connectivity index (χ1n) is 4.26. The molecule has 1 rings (SSSR count). The van der Waals surface area contributed by atoms with Crippen LogP contribution >= 0.6 is 23.4 Å². The number of pyridine rings is 1. The minimum Gasteiger partial charge on any atom is -0.480 e. The molecule has 0 spiro atoms. The second-order valence-electron chi connectivity index (χ2n) is 2.93. The molecule has 0 aliphatic heterocycles. The van der Waals surface area contributed by atoms with E-state index in [0.717, 1.165) is 5.69 Å². The number of nitrogens with zero attached hydrogens (tertiary/aromatic N) is 1. The molecule has 1 aromatic heterocycles. The van der Waals surface area contributed by atoms with E-state index in [1.165, 1.54) is 11.8 Å². The Labute approximate surface area is 96.8 Å². The SMILES string of the molecule is N[C@H](CSCc1cc(Cl)ccn1)C(=O)O. The van der Waals surface area contributed by atoms with Gasteiger partial charge in [0.15, 0.2) is 0 Å². The van der Waals surface area contributed by atoms with Crippen molar-refractivity contribution in [3.8, 4) is 0 Å². The van der Waals surface area contributed by atoms with E-state index in [1.54, 1.807) is 18.3 Å². The number of carbonyl (C=O) groups is 1. The third-order valence-electron chi connectivity index (χ3n) is 1.64. The number of carboxylic acid groups (broad SMARTS) is 1. The molecule has 0 bridgehead atoms. The molecule has 4 nitrogen and oxygen atoms in total. The van der Waals surface area contributed by atoms with Crippen molar-refractivity contribution in [3.63, 3.8) is 0 Å². The van der Waals surface area contributed by atoms with Crippen LogP contribution in [0.1, 0.15) is 5.69 Å². The highest BCUT2D eigenvalue weighted by molar-refractivity contribution is 7.98. The first-order valence-corrected chi connectivity index (χ1v) is 5.79. The first kappa shape index (κ1) is 12.3. The summed E-state index contributed by atoms with van der Waals surface area (Å²) in [4.78, 5) is 14.5. The van der Waals surface area contributed by atoms with Crippen molar-refractivity contribution in [2.75, 3.05) is 5.75 Å². The predicted octanol–water partition coefficient (Wildman–Crippen LogP) is 1.38. The Morgan fingerprint density at radius 1 is 1.73 bits per heavy atom. The van der Waals surface area contributed by atoms with Crippen LogP contribution in [0.25, 0.3) is 0 Å². The summed E-state index contributed by atoms with van der Waals surface area (Å²) >= 11 is 7.19. The van der Waals surface area contributed by atoms with E-state index >= 15 is 0 Å². The van der Waals surface area contributed by atoms with Gasteiger partial charge >= 0.3 is 5.97 Å². The molecule has 82 valence electrons. The lowest BCUT2D eigenvalue weighted by atomic mass is 10.4. The van der Waals surface area contributed by atoms with E-state index in [-0.39, 0.29) is 0 Å². The van der Waals surface area contributed by atoms with E-state index in [9.17, 15) is 4.79 Å². The Hall–Kier alpha value is -0.780. The molecule has 6 heteroatoms. The number of nitrogens with two attached hydrogens (primary N) is 1. The molecule has 0 saturated heterocycles. The van der Waals surface area contributed by atoms with E-state index < -0.39 is 12.0 Å². The molecule has 0 aliphatic rings. The van der Waals surface area contributed by atoms with Gasteiger partial charge in [0.25, 0.3) is 0 Å². The summed E-state index contributed by atoms with van der Waals surface area (Å²) in [5.74, 6) is -0.00742. The monoisotopic (exact) mass is 246 g/mol. The van der Waals surface area contributed by atoms with Crippen LogP contribution in [0.5, 0.6) is 0 Å². The minimum absolute atomic E-state index is 0.365. The quantitative estimate of drug-likeness (QED) is 0.821. The fraction of sp³-hybridized carbons (Fsp3) is 0.333. The molecular weight excluding hydrogens is 236 g/mol. The summed E-state index contributed by atoms with van der Waals surface area (Å²) in [7, 11) is 0. The summed E-state index contributed by atoms with van der Waals surface area (Å²) < 4.78 is 0. The highest BCUT2D eigenvalue weighted by atomic mass is 35.5. The summed E-state index contributed by atoms with van der Waals surface area (Å²) in [6.45, 7) is 0.